The van der Waals surface area contributed by atoms with E-state index in [0.29, 0.717) is 11.3 Å². The molecule has 0 saturated carbocycles. The largest absolute Gasteiger partial charge is 0.494 e. The number of fused-ring (bicyclic) bond motifs is 1. The first kappa shape index (κ1) is 9.97. The molecular formula is C9H6BrNO4. The van der Waals surface area contributed by atoms with Gasteiger partial charge in [-0.2, -0.15) is 4.98 Å². The van der Waals surface area contributed by atoms with E-state index >= 15 is 0 Å². The molecule has 1 heterocycles. The van der Waals surface area contributed by atoms with E-state index < -0.39 is 5.97 Å². The first-order valence-electron chi connectivity index (χ1n) is 4.00. The Hall–Kier alpha value is -1.56. The summed E-state index contributed by atoms with van der Waals surface area (Å²) < 4.78 is 10.2. The number of halogens is 1. The van der Waals surface area contributed by atoms with Crippen molar-refractivity contribution >= 4 is 33.0 Å². The van der Waals surface area contributed by atoms with Crippen LogP contribution in [0.2, 0.25) is 0 Å². The van der Waals surface area contributed by atoms with Crippen LogP contribution in [-0.4, -0.2) is 23.2 Å². The van der Waals surface area contributed by atoms with Crippen LogP contribution in [-0.2, 0) is 0 Å². The lowest BCUT2D eigenvalue weighted by molar-refractivity contribution is 0.0698. The summed E-state index contributed by atoms with van der Waals surface area (Å²) in [4.78, 5) is 15.1. The zero-order valence-corrected chi connectivity index (χ0v) is 9.24. The summed E-state index contributed by atoms with van der Waals surface area (Å²) in [6.07, 6.45) is 0. The molecule has 0 aliphatic heterocycles. The lowest BCUT2D eigenvalue weighted by atomic mass is 10.2. The van der Waals surface area contributed by atoms with Crippen molar-refractivity contribution in [2.24, 2.45) is 0 Å². The molecule has 0 aliphatic rings. The summed E-state index contributed by atoms with van der Waals surface area (Å²) in [7, 11) is 1.48. The zero-order chi connectivity index (χ0) is 11.0. The fourth-order valence-corrected chi connectivity index (χ4v) is 1.63. The molecule has 1 aromatic heterocycles. The number of hydrogen-bond acceptors (Lipinski definition) is 4. The monoisotopic (exact) mass is 271 g/mol. The van der Waals surface area contributed by atoms with E-state index in [4.69, 9.17) is 14.3 Å². The van der Waals surface area contributed by atoms with E-state index in [-0.39, 0.29) is 15.9 Å². The molecule has 0 atom stereocenters. The number of carbonyl (C=O) groups is 1. The van der Waals surface area contributed by atoms with Gasteiger partial charge in [-0.1, -0.05) is 0 Å². The van der Waals surface area contributed by atoms with Gasteiger partial charge in [0.05, 0.1) is 7.11 Å². The number of carboxylic acid groups (broad SMARTS) is 1. The van der Waals surface area contributed by atoms with Crippen LogP contribution in [0.1, 0.15) is 10.4 Å². The summed E-state index contributed by atoms with van der Waals surface area (Å²) in [5, 5.41) is 8.91. The van der Waals surface area contributed by atoms with Gasteiger partial charge in [0, 0.05) is 15.9 Å². The summed E-state index contributed by atoms with van der Waals surface area (Å²) in [6.45, 7) is 0. The van der Waals surface area contributed by atoms with Gasteiger partial charge in [-0.15, -0.1) is 0 Å². The molecule has 0 saturated heterocycles. The van der Waals surface area contributed by atoms with E-state index in [0.717, 1.165) is 0 Å². The fraction of sp³-hybridized carbons (Fsp3) is 0.111. The van der Waals surface area contributed by atoms with Gasteiger partial charge < -0.3 is 14.3 Å². The molecule has 0 aliphatic carbocycles. The maximum Gasteiger partial charge on any atom is 0.339 e. The topological polar surface area (TPSA) is 72.6 Å². The van der Waals surface area contributed by atoms with Gasteiger partial charge in [0.25, 0.3) is 4.80 Å². The molecule has 6 heteroatoms. The standard InChI is InChI=1S/C9H6BrNO4/c1-14-5-3-2-4(8(12)13)7-6(5)11-9(10)15-7/h2-3H,1H3,(H,12,13). The third-order valence-electron chi connectivity index (χ3n) is 1.93. The number of oxazole rings is 1. The third-order valence-corrected chi connectivity index (χ3v) is 2.27. The number of aromatic carboxylic acids is 1. The lowest BCUT2D eigenvalue weighted by Gasteiger charge is -2.00. The van der Waals surface area contributed by atoms with Crippen LogP contribution in [0.4, 0.5) is 0 Å². The van der Waals surface area contributed by atoms with Crippen molar-refractivity contribution < 1.29 is 19.1 Å². The average Bonchev–Trinajstić information content (AvgIpc) is 2.56. The van der Waals surface area contributed by atoms with E-state index in [1.165, 1.54) is 13.2 Å². The molecule has 0 spiro atoms. The van der Waals surface area contributed by atoms with E-state index in [1.54, 1.807) is 6.07 Å². The highest BCUT2D eigenvalue weighted by Gasteiger charge is 2.17. The van der Waals surface area contributed by atoms with Crippen LogP contribution >= 0.6 is 15.9 Å². The molecule has 0 radical (unpaired) electrons. The quantitative estimate of drug-likeness (QED) is 0.908. The zero-order valence-electron chi connectivity index (χ0n) is 7.65. The van der Waals surface area contributed by atoms with Crippen molar-refractivity contribution in [3.63, 3.8) is 0 Å². The number of benzene rings is 1. The van der Waals surface area contributed by atoms with Gasteiger partial charge in [-0.3, -0.25) is 0 Å². The number of carboxylic acids is 1. The summed E-state index contributed by atoms with van der Waals surface area (Å²) in [5.74, 6) is -0.587. The second-order valence-electron chi connectivity index (χ2n) is 2.77. The van der Waals surface area contributed by atoms with Crippen molar-refractivity contribution in [3.8, 4) is 5.75 Å². The number of rotatable bonds is 2. The molecule has 15 heavy (non-hydrogen) atoms. The first-order valence-corrected chi connectivity index (χ1v) is 4.79. The van der Waals surface area contributed by atoms with E-state index in [1.807, 2.05) is 0 Å². The number of nitrogens with zero attached hydrogens (tertiary/aromatic N) is 1. The molecular weight excluding hydrogens is 266 g/mol. The van der Waals surface area contributed by atoms with E-state index in [2.05, 4.69) is 20.9 Å². The minimum absolute atomic E-state index is 0.0593. The van der Waals surface area contributed by atoms with Crippen LogP contribution in [0.25, 0.3) is 11.1 Å². The molecule has 1 N–H and O–H groups in total. The van der Waals surface area contributed by atoms with Crippen LogP contribution in [0.3, 0.4) is 0 Å². The Morgan fingerprint density at radius 1 is 1.60 bits per heavy atom. The highest BCUT2D eigenvalue weighted by Crippen LogP contribution is 2.30. The second kappa shape index (κ2) is 3.54. The summed E-state index contributed by atoms with van der Waals surface area (Å²) >= 11 is 3.04. The molecule has 5 nitrogen and oxygen atoms in total. The van der Waals surface area contributed by atoms with Gasteiger partial charge in [0.2, 0.25) is 0 Å². The van der Waals surface area contributed by atoms with Gasteiger partial charge in [0.15, 0.2) is 11.1 Å². The SMILES string of the molecule is COc1ccc(C(=O)O)c2oc(Br)nc12. The highest BCUT2D eigenvalue weighted by molar-refractivity contribution is 9.10. The number of ether oxygens (including phenoxy) is 1. The molecule has 2 rings (SSSR count). The molecule has 78 valence electrons. The Kier molecular flexibility index (Phi) is 2.36. The minimum atomic E-state index is -1.06. The molecule has 0 bridgehead atoms. The predicted octanol–water partition coefficient (Wildman–Crippen LogP) is 2.30. The molecule has 0 amide bonds. The van der Waals surface area contributed by atoms with Crippen molar-refractivity contribution in [2.75, 3.05) is 7.11 Å². The normalized spacial score (nSPS) is 10.5. The smallest absolute Gasteiger partial charge is 0.339 e. The van der Waals surface area contributed by atoms with Crippen molar-refractivity contribution in [2.45, 2.75) is 0 Å². The summed E-state index contributed by atoms with van der Waals surface area (Å²) in [6, 6.07) is 2.96. The highest BCUT2D eigenvalue weighted by atomic mass is 79.9. The Labute approximate surface area is 92.8 Å². The number of methoxy groups -OCH3 is 1. The third kappa shape index (κ3) is 1.56. The van der Waals surface area contributed by atoms with Crippen LogP contribution < -0.4 is 4.74 Å². The van der Waals surface area contributed by atoms with Crippen molar-refractivity contribution in [1.82, 2.24) is 4.98 Å². The van der Waals surface area contributed by atoms with Gasteiger partial charge in [-0.25, -0.2) is 4.79 Å². The second-order valence-corrected chi connectivity index (χ2v) is 3.44. The number of aromatic nitrogens is 1. The van der Waals surface area contributed by atoms with Crippen LogP contribution in [0.15, 0.2) is 21.3 Å². The molecule has 0 fully saturated rings. The van der Waals surface area contributed by atoms with E-state index in [9.17, 15) is 4.79 Å². The molecule has 2 aromatic rings. The average molecular weight is 272 g/mol. The van der Waals surface area contributed by atoms with Crippen LogP contribution in [0, 0.1) is 0 Å². The van der Waals surface area contributed by atoms with Gasteiger partial charge >= 0.3 is 5.97 Å². The maximum atomic E-state index is 10.9. The van der Waals surface area contributed by atoms with Crippen LogP contribution in [0.5, 0.6) is 5.75 Å². The van der Waals surface area contributed by atoms with Crippen molar-refractivity contribution in [1.29, 1.82) is 0 Å². The molecule has 1 aromatic carbocycles. The Morgan fingerprint density at radius 3 is 2.93 bits per heavy atom. The molecule has 0 unspecified atom stereocenters. The summed E-state index contributed by atoms with van der Waals surface area (Å²) in [5.41, 5.74) is 0.655. The predicted molar refractivity (Wildman–Crippen MR) is 55.2 cm³/mol. The number of hydrogen-bond donors (Lipinski definition) is 1. The van der Waals surface area contributed by atoms with Gasteiger partial charge in [0.1, 0.15) is 11.3 Å². The Bertz CT molecular complexity index is 534. The maximum absolute atomic E-state index is 10.9. The lowest BCUT2D eigenvalue weighted by Crippen LogP contribution is -1.97. The Balaban J connectivity index is 2.82. The Morgan fingerprint density at radius 2 is 2.33 bits per heavy atom. The van der Waals surface area contributed by atoms with Crippen molar-refractivity contribution in [3.05, 3.63) is 22.5 Å². The van der Waals surface area contributed by atoms with Gasteiger partial charge in [-0.05, 0) is 12.1 Å². The first-order chi connectivity index (χ1) is 7.13. The minimum Gasteiger partial charge on any atom is -0.494 e. The fourth-order valence-electron chi connectivity index (χ4n) is 1.29.